The van der Waals surface area contributed by atoms with Gasteiger partial charge in [0.2, 0.25) is 0 Å². The van der Waals surface area contributed by atoms with Crippen molar-refractivity contribution in [1.82, 2.24) is 10.3 Å². The third-order valence-electron chi connectivity index (χ3n) is 2.87. The van der Waals surface area contributed by atoms with Crippen molar-refractivity contribution in [3.8, 4) is 0 Å². The van der Waals surface area contributed by atoms with Crippen molar-refractivity contribution in [2.45, 2.75) is 33.1 Å². The molecule has 0 saturated heterocycles. The van der Waals surface area contributed by atoms with Crippen LogP contribution in [0.5, 0.6) is 0 Å². The van der Waals surface area contributed by atoms with Gasteiger partial charge >= 0.3 is 0 Å². The Hall–Kier alpha value is -1.62. The molecule has 0 radical (unpaired) electrons. The molecule has 1 amide bonds. The van der Waals surface area contributed by atoms with Gasteiger partial charge < -0.3 is 15.4 Å². The summed E-state index contributed by atoms with van der Waals surface area (Å²) in [6.45, 7) is 8.19. The number of nitrogens with one attached hydrogen (secondary N) is 2. The minimum atomic E-state index is -0.0652. The third kappa shape index (κ3) is 5.17. The standard InChI is InChI=1S/C15H25N3O2/c1-5-16-14-10-12(9-13(18-14)11(2)3)15(19)17-7-6-8-20-4/h9-11H,5-8H2,1-4H3,(H,16,18)(H,17,19). The average Bonchev–Trinajstić information content (AvgIpc) is 2.43. The molecule has 0 aliphatic carbocycles. The van der Waals surface area contributed by atoms with Crippen LogP contribution in [0.15, 0.2) is 12.1 Å². The number of carbonyl (C=O) groups is 1. The predicted molar refractivity (Wildman–Crippen MR) is 81.3 cm³/mol. The van der Waals surface area contributed by atoms with Crippen LogP contribution in [-0.4, -0.2) is 37.7 Å². The number of hydrogen-bond acceptors (Lipinski definition) is 4. The van der Waals surface area contributed by atoms with Gasteiger partial charge in [-0.1, -0.05) is 13.8 Å². The summed E-state index contributed by atoms with van der Waals surface area (Å²) in [4.78, 5) is 16.6. The number of hydrogen-bond donors (Lipinski definition) is 2. The highest BCUT2D eigenvalue weighted by atomic mass is 16.5. The lowest BCUT2D eigenvalue weighted by Crippen LogP contribution is -2.25. The number of aromatic nitrogens is 1. The van der Waals surface area contributed by atoms with E-state index in [-0.39, 0.29) is 11.8 Å². The van der Waals surface area contributed by atoms with E-state index >= 15 is 0 Å². The summed E-state index contributed by atoms with van der Waals surface area (Å²) < 4.78 is 4.96. The molecule has 112 valence electrons. The molecule has 0 aromatic carbocycles. The van der Waals surface area contributed by atoms with Crippen molar-refractivity contribution in [3.63, 3.8) is 0 Å². The highest BCUT2D eigenvalue weighted by Crippen LogP contribution is 2.17. The number of nitrogens with zero attached hydrogens (tertiary/aromatic N) is 1. The first kappa shape index (κ1) is 16.4. The molecule has 1 heterocycles. The van der Waals surface area contributed by atoms with Crippen molar-refractivity contribution in [3.05, 3.63) is 23.4 Å². The Morgan fingerprint density at radius 1 is 1.40 bits per heavy atom. The molecule has 0 spiro atoms. The monoisotopic (exact) mass is 279 g/mol. The minimum absolute atomic E-state index is 0.0652. The molecule has 0 aliphatic rings. The fraction of sp³-hybridized carbons (Fsp3) is 0.600. The molecule has 0 atom stereocenters. The Kier molecular flexibility index (Phi) is 7.01. The van der Waals surface area contributed by atoms with Gasteiger partial charge in [-0.3, -0.25) is 4.79 Å². The van der Waals surface area contributed by atoms with Gasteiger partial charge in [-0.15, -0.1) is 0 Å². The summed E-state index contributed by atoms with van der Waals surface area (Å²) in [6, 6.07) is 3.65. The number of amides is 1. The van der Waals surface area contributed by atoms with Crippen LogP contribution in [-0.2, 0) is 4.74 Å². The summed E-state index contributed by atoms with van der Waals surface area (Å²) in [7, 11) is 1.66. The maximum atomic E-state index is 12.1. The second-order valence-corrected chi connectivity index (χ2v) is 4.95. The fourth-order valence-electron chi connectivity index (χ4n) is 1.77. The number of pyridine rings is 1. The first-order valence-electron chi connectivity index (χ1n) is 7.11. The van der Waals surface area contributed by atoms with Crippen LogP contribution < -0.4 is 10.6 Å². The summed E-state index contributed by atoms with van der Waals surface area (Å²) in [5, 5.41) is 6.06. The topological polar surface area (TPSA) is 63.2 Å². The number of ether oxygens (including phenoxy) is 1. The molecule has 0 unspecified atom stereocenters. The van der Waals surface area contributed by atoms with E-state index in [1.54, 1.807) is 13.2 Å². The second-order valence-electron chi connectivity index (χ2n) is 4.95. The lowest BCUT2D eigenvalue weighted by molar-refractivity contribution is 0.0948. The highest BCUT2D eigenvalue weighted by molar-refractivity contribution is 5.95. The SMILES string of the molecule is CCNc1cc(C(=O)NCCCOC)cc(C(C)C)n1. The maximum absolute atomic E-state index is 12.1. The zero-order valence-corrected chi connectivity index (χ0v) is 12.8. The van der Waals surface area contributed by atoms with Crippen molar-refractivity contribution >= 4 is 11.7 Å². The third-order valence-corrected chi connectivity index (χ3v) is 2.87. The van der Waals surface area contributed by atoms with Crippen LogP contribution in [0.25, 0.3) is 0 Å². The number of carbonyl (C=O) groups excluding carboxylic acids is 1. The van der Waals surface area contributed by atoms with Gasteiger partial charge in [0.25, 0.3) is 5.91 Å². The first-order chi connectivity index (χ1) is 9.58. The smallest absolute Gasteiger partial charge is 0.251 e. The van der Waals surface area contributed by atoms with E-state index < -0.39 is 0 Å². The van der Waals surface area contributed by atoms with Gasteiger partial charge in [0.15, 0.2) is 0 Å². The Morgan fingerprint density at radius 3 is 2.75 bits per heavy atom. The van der Waals surface area contributed by atoms with Crippen molar-refractivity contribution in [2.24, 2.45) is 0 Å². The molecule has 5 heteroatoms. The largest absolute Gasteiger partial charge is 0.385 e. The maximum Gasteiger partial charge on any atom is 0.251 e. The molecule has 1 rings (SSSR count). The van der Waals surface area contributed by atoms with E-state index in [0.29, 0.717) is 18.7 Å². The van der Waals surface area contributed by atoms with E-state index in [2.05, 4.69) is 29.5 Å². The summed E-state index contributed by atoms with van der Waals surface area (Å²) in [6.07, 6.45) is 0.810. The van der Waals surface area contributed by atoms with E-state index in [1.807, 2.05) is 13.0 Å². The van der Waals surface area contributed by atoms with Crippen LogP contribution in [0.4, 0.5) is 5.82 Å². The van der Waals surface area contributed by atoms with Gasteiger partial charge in [-0.2, -0.15) is 0 Å². The Labute approximate surface area is 121 Å². The van der Waals surface area contributed by atoms with Crippen LogP contribution in [0.2, 0.25) is 0 Å². The quantitative estimate of drug-likeness (QED) is 0.717. The Morgan fingerprint density at radius 2 is 2.15 bits per heavy atom. The first-order valence-corrected chi connectivity index (χ1v) is 7.11. The highest BCUT2D eigenvalue weighted by Gasteiger charge is 2.11. The number of methoxy groups -OCH3 is 1. The molecule has 0 bridgehead atoms. The van der Waals surface area contributed by atoms with Crippen molar-refractivity contribution < 1.29 is 9.53 Å². The Balaban J connectivity index is 2.78. The Bertz CT molecular complexity index is 433. The molecule has 0 saturated carbocycles. The molecule has 20 heavy (non-hydrogen) atoms. The summed E-state index contributed by atoms with van der Waals surface area (Å²) in [5.74, 6) is 0.971. The molecule has 1 aromatic rings. The van der Waals surface area contributed by atoms with E-state index in [9.17, 15) is 4.79 Å². The van der Waals surface area contributed by atoms with Crippen LogP contribution in [0.3, 0.4) is 0 Å². The van der Waals surface area contributed by atoms with Crippen molar-refractivity contribution in [1.29, 1.82) is 0 Å². The number of anilines is 1. The van der Waals surface area contributed by atoms with Gasteiger partial charge in [0, 0.05) is 38.1 Å². The van der Waals surface area contributed by atoms with E-state index in [0.717, 1.165) is 24.5 Å². The summed E-state index contributed by atoms with van der Waals surface area (Å²) >= 11 is 0. The number of rotatable bonds is 8. The molecular weight excluding hydrogens is 254 g/mol. The average molecular weight is 279 g/mol. The fourth-order valence-corrected chi connectivity index (χ4v) is 1.77. The van der Waals surface area contributed by atoms with Gasteiger partial charge in [0.1, 0.15) is 5.82 Å². The van der Waals surface area contributed by atoms with E-state index in [4.69, 9.17) is 4.74 Å². The van der Waals surface area contributed by atoms with Crippen LogP contribution >= 0.6 is 0 Å². The van der Waals surface area contributed by atoms with Gasteiger partial charge in [-0.05, 0) is 31.4 Å². The predicted octanol–water partition coefficient (Wildman–Crippen LogP) is 2.40. The molecule has 0 aliphatic heterocycles. The van der Waals surface area contributed by atoms with Crippen LogP contribution in [0.1, 0.15) is 49.2 Å². The van der Waals surface area contributed by atoms with E-state index in [1.165, 1.54) is 0 Å². The zero-order valence-electron chi connectivity index (χ0n) is 12.8. The zero-order chi connectivity index (χ0) is 15.0. The minimum Gasteiger partial charge on any atom is -0.385 e. The second kappa shape index (κ2) is 8.53. The lowest BCUT2D eigenvalue weighted by atomic mass is 10.1. The summed E-state index contributed by atoms with van der Waals surface area (Å²) in [5.41, 5.74) is 1.57. The molecule has 2 N–H and O–H groups in total. The molecule has 5 nitrogen and oxygen atoms in total. The van der Waals surface area contributed by atoms with Crippen molar-refractivity contribution in [2.75, 3.05) is 32.1 Å². The van der Waals surface area contributed by atoms with Crippen LogP contribution in [0, 0.1) is 0 Å². The molecule has 0 fully saturated rings. The molecular formula is C15H25N3O2. The lowest BCUT2D eigenvalue weighted by Gasteiger charge is -2.12. The normalized spacial score (nSPS) is 10.7. The van der Waals surface area contributed by atoms with Gasteiger partial charge in [0.05, 0.1) is 0 Å². The van der Waals surface area contributed by atoms with Gasteiger partial charge in [-0.25, -0.2) is 4.98 Å². The molecule has 1 aromatic heterocycles.